The van der Waals surface area contributed by atoms with E-state index in [1.807, 2.05) is 0 Å². The molecule has 0 N–H and O–H groups in total. The van der Waals surface area contributed by atoms with Crippen molar-refractivity contribution in [2.45, 2.75) is 12.8 Å². The predicted octanol–water partition coefficient (Wildman–Crippen LogP) is 3.29. The van der Waals surface area contributed by atoms with Gasteiger partial charge in [0.2, 0.25) is 0 Å². The van der Waals surface area contributed by atoms with Gasteiger partial charge in [-0.15, -0.1) is 0 Å². The van der Waals surface area contributed by atoms with Crippen LogP contribution in [0, 0.1) is 0 Å². The Balaban J connectivity index is 3.14. The van der Waals surface area contributed by atoms with Gasteiger partial charge in [0.1, 0.15) is 6.61 Å². The summed E-state index contributed by atoms with van der Waals surface area (Å²) < 4.78 is 36.3. The molecular formula is C8H5ClF3O. The Labute approximate surface area is 77.8 Å². The van der Waals surface area contributed by atoms with E-state index in [0.717, 1.165) is 18.2 Å². The second-order valence-electron chi connectivity index (χ2n) is 2.45. The molecule has 0 aliphatic carbocycles. The van der Waals surface area contributed by atoms with Crippen LogP contribution in [0.15, 0.2) is 18.2 Å². The van der Waals surface area contributed by atoms with Crippen LogP contribution in [0.1, 0.15) is 11.1 Å². The third-order valence-electron chi connectivity index (χ3n) is 1.53. The highest BCUT2D eigenvalue weighted by atomic mass is 35.5. The Hall–Kier alpha value is -0.740. The van der Waals surface area contributed by atoms with Gasteiger partial charge in [0.15, 0.2) is 0 Å². The van der Waals surface area contributed by atoms with Crippen molar-refractivity contribution in [2.24, 2.45) is 0 Å². The number of hydrogen-bond donors (Lipinski definition) is 0. The summed E-state index contributed by atoms with van der Waals surface area (Å²) in [6.07, 6.45) is -4.42. The summed E-state index contributed by atoms with van der Waals surface area (Å²) in [6.45, 7) is -0.747. The molecule has 0 saturated heterocycles. The minimum atomic E-state index is -4.42. The monoisotopic (exact) mass is 209 g/mol. The van der Waals surface area contributed by atoms with Crippen molar-refractivity contribution in [1.29, 1.82) is 0 Å². The first kappa shape index (κ1) is 10.3. The zero-order valence-corrected chi connectivity index (χ0v) is 7.12. The molecule has 0 atom stereocenters. The van der Waals surface area contributed by atoms with E-state index < -0.39 is 18.3 Å². The molecule has 13 heavy (non-hydrogen) atoms. The van der Waals surface area contributed by atoms with Crippen LogP contribution < -0.4 is 0 Å². The summed E-state index contributed by atoms with van der Waals surface area (Å²) in [6, 6.07) is 2.70. The van der Waals surface area contributed by atoms with E-state index in [2.05, 4.69) is 0 Å². The van der Waals surface area contributed by atoms with Gasteiger partial charge in [-0.3, -0.25) is 0 Å². The van der Waals surface area contributed by atoms with Gasteiger partial charge in [-0.2, -0.15) is 13.2 Å². The maximum Gasteiger partial charge on any atom is 0.416 e. The third-order valence-corrected chi connectivity index (χ3v) is 1.90. The zero-order chi connectivity index (χ0) is 10.1. The first-order valence-electron chi connectivity index (χ1n) is 3.39. The van der Waals surface area contributed by atoms with E-state index in [0.29, 0.717) is 0 Å². The molecule has 0 unspecified atom stereocenters. The van der Waals surface area contributed by atoms with Crippen LogP contribution >= 0.6 is 11.6 Å². The molecule has 0 saturated carbocycles. The molecule has 0 aromatic heterocycles. The molecule has 5 heteroatoms. The molecule has 1 aromatic carbocycles. The summed E-state index contributed by atoms with van der Waals surface area (Å²) in [5.41, 5.74) is -0.876. The largest absolute Gasteiger partial charge is 0.416 e. The summed E-state index contributed by atoms with van der Waals surface area (Å²) in [5, 5.41) is 10.5. The van der Waals surface area contributed by atoms with E-state index >= 15 is 0 Å². The second kappa shape index (κ2) is 3.55. The lowest BCUT2D eigenvalue weighted by Gasteiger charge is -2.08. The number of halogens is 4. The number of rotatable bonds is 1. The number of alkyl halides is 3. The highest BCUT2D eigenvalue weighted by molar-refractivity contribution is 6.31. The van der Waals surface area contributed by atoms with Crippen LogP contribution in [0.4, 0.5) is 13.2 Å². The molecule has 0 heterocycles. The van der Waals surface area contributed by atoms with Crippen LogP contribution in [-0.2, 0) is 17.9 Å². The molecule has 0 bridgehead atoms. The highest BCUT2D eigenvalue weighted by Crippen LogP contribution is 2.31. The fraction of sp³-hybridized carbons (Fsp3) is 0.250. The van der Waals surface area contributed by atoms with Gasteiger partial charge >= 0.3 is 6.18 Å². The lowest BCUT2D eigenvalue weighted by Crippen LogP contribution is -2.05. The maximum absolute atomic E-state index is 12.1. The summed E-state index contributed by atoms with van der Waals surface area (Å²) in [5.74, 6) is 0. The van der Waals surface area contributed by atoms with E-state index in [4.69, 9.17) is 11.6 Å². The average Bonchev–Trinajstić information content (AvgIpc) is 2.03. The van der Waals surface area contributed by atoms with Gasteiger partial charge in [-0.05, 0) is 18.2 Å². The van der Waals surface area contributed by atoms with Crippen LogP contribution in [0.25, 0.3) is 0 Å². The van der Waals surface area contributed by atoms with E-state index in [1.165, 1.54) is 0 Å². The van der Waals surface area contributed by atoms with Crippen molar-refractivity contribution in [3.8, 4) is 0 Å². The van der Waals surface area contributed by atoms with Gasteiger partial charge in [0.25, 0.3) is 0 Å². The summed E-state index contributed by atoms with van der Waals surface area (Å²) in [4.78, 5) is 0. The van der Waals surface area contributed by atoms with Crippen molar-refractivity contribution in [2.75, 3.05) is 0 Å². The van der Waals surface area contributed by atoms with Gasteiger partial charge in [0, 0.05) is 10.6 Å². The van der Waals surface area contributed by atoms with E-state index in [-0.39, 0.29) is 10.6 Å². The van der Waals surface area contributed by atoms with Crippen LogP contribution in [-0.4, -0.2) is 0 Å². The summed E-state index contributed by atoms with van der Waals surface area (Å²) in [7, 11) is 0. The summed E-state index contributed by atoms with van der Waals surface area (Å²) >= 11 is 5.48. The SMILES string of the molecule is [O]Cc1cc(C(F)(F)F)ccc1Cl. The molecule has 1 nitrogen and oxygen atoms in total. The fourth-order valence-corrected chi connectivity index (χ4v) is 1.03. The van der Waals surface area contributed by atoms with Crippen LogP contribution in [0.2, 0.25) is 5.02 Å². The Morgan fingerprint density at radius 1 is 1.31 bits per heavy atom. The number of hydrogen-bond acceptors (Lipinski definition) is 0. The number of benzene rings is 1. The van der Waals surface area contributed by atoms with Gasteiger partial charge in [-0.25, -0.2) is 5.11 Å². The molecule has 0 fully saturated rings. The lowest BCUT2D eigenvalue weighted by atomic mass is 10.1. The smallest absolute Gasteiger partial charge is 0.232 e. The first-order valence-corrected chi connectivity index (χ1v) is 3.76. The standard InChI is InChI=1S/C8H5ClF3O/c9-7-2-1-6(8(10,11)12)3-5(7)4-13/h1-3H,4H2. The molecule has 0 spiro atoms. The first-order chi connectivity index (χ1) is 5.95. The molecular weight excluding hydrogens is 205 g/mol. The van der Waals surface area contributed by atoms with E-state index in [1.54, 1.807) is 0 Å². The third kappa shape index (κ3) is 2.35. The Kier molecular flexibility index (Phi) is 2.83. The predicted molar refractivity (Wildman–Crippen MR) is 40.8 cm³/mol. The molecule has 0 aliphatic rings. The highest BCUT2D eigenvalue weighted by Gasteiger charge is 2.30. The van der Waals surface area contributed by atoms with Crippen molar-refractivity contribution >= 4 is 11.6 Å². The molecule has 0 amide bonds. The Morgan fingerprint density at radius 2 is 1.92 bits per heavy atom. The molecule has 1 aromatic rings. The van der Waals surface area contributed by atoms with E-state index in [9.17, 15) is 18.3 Å². The minimum absolute atomic E-state index is 0.0310. The topological polar surface area (TPSA) is 19.9 Å². The van der Waals surface area contributed by atoms with Crippen molar-refractivity contribution in [1.82, 2.24) is 0 Å². The zero-order valence-electron chi connectivity index (χ0n) is 6.36. The van der Waals surface area contributed by atoms with Crippen molar-refractivity contribution in [3.05, 3.63) is 34.3 Å². The van der Waals surface area contributed by atoms with Crippen molar-refractivity contribution in [3.63, 3.8) is 0 Å². The van der Waals surface area contributed by atoms with Gasteiger partial charge in [-0.1, -0.05) is 11.6 Å². The lowest BCUT2D eigenvalue weighted by molar-refractivity contribution is -0.137. The Morgan fingerprint density at radius 3 is 2.38 bits per heavy atom. The second-order valence-corrected chi connectivity index (χ2v) is 2.86. The van der Waals surface area contributed by atoms with Crippen molar-refractivity contribution < 1.29 is 18.3 Å². The van der Waals surface area contributed by atoms with Gasteiger partial charge in [0.05, 0.1) is 5.56 Å². The Bertz CT molecular complexity index is 309. The van der Waals surface area contributed by atoms with Gasteiger partial charge < -0.3 is 0 Å². The maximum atomic E-state index is 12.1. The molecule has 71 valence electrons. The molecule has 1 rings (SSSR count). The minimum Gasteiger partial charge on any atom is -0.232 e. The van der Waals surface area contributed by atoms with Crippen LogP contribution in [0.5, 0.6) is 0 Å². The normalized spacial score (nSPS) is 11.8. The molecule has 0 aliphatic heterocycles. The average molecular weight is 210 g/mol. The quantitative estimate of drug-likeness (QED) is 0.677. The molecule has 1 radical (unpaired) electrons. The van der Waals surface area contributed by atoms with Crippen LogP contribution in [0.3, 0.4) is 0 Å². The fourth-order valence-electron chi connectivity index (χ4n) is 0.862.